The third-order valence-electron chi connectivity index (χ3n) is 2.59. The van der Waals surface area contributed by atoms with Crippen molar-refractivity contribution in [2.24, 2.45) is 0 Å². The van der Waals surface area contributed by atoms with Crippen LogP contribution in [0.2, 0.25) is 0 Å². The summed E-state index contributed by atoms with van der Waals surface area (Å²) in [5.74, 6) is -0.124. The highest BCUT2D eigenvalue weighted by molar-refractivity contribution is 9.10. The maximum absolute atomic E-state index is 12.0. The fraction of sp³-hybridized carbons (Fsp3) is 0.143. The van der Waals surface area contributed by atoms with Crippen molar-refractivity contribution in [3.8, 4) is 0 Å². The Bertz CT molecular complexity index is 596. The number of nitrogens with zero attached hydrogens (tertiary/aromatic N) is 1. The first kappa shape index (κ1) is 12.8. The Labute approximate surface area is 114 Å². The van der Waals surface area contributed by atoms with E-state index < -0.39 is 0 Å². The van der Waals surface area contributed by atoms with Crippen LogP contribution in [0.1, 0.15) is 21.6 Å². The van der Waals surface area contributed by atoms with Gasteiger partial charge in [-0.15, -0.1) is 0 Å². The van der Waals surface area contributed by atoms with E-state index in [-0.39, 0.29) is 5.91 Å². The molecule has 92 valence electrons. The van der Waals surface area contributed by atoms with Gasteiger partial charge in [-0.05, 0) is 43.7 Å². The van der Waals surface area contributed by atoms with Crippen molar-refractivity contribution in [1.29, 1.82) is 0 Å². The van der Waals surface area contributed by atoms with Gasteiger partial charge in [-0.25, -0.2) is 0 Å². The van der Waals surface area contributed by atoms with E-state index in [2.05, 4.69) is 26.2 Å². The molecule has 0 radical (unpaired) electrons. The maximum Gasteiger partial charge on any atom is 0.255 e. The molecule has 4 heteroatoms. The Morgan fingerprint density at radius 2 is 2.00 bits per heavy atom. The Balaban J connectivity index is 2.19. The smallest absolute Gasteiger partial charge is 0.255 e. The molecule has 0 aliphatic carbocycles. The van der Waals surface area contributed by atoms with Gasteiger partial charge in [-0.2, -0.15) is 0 Å². The second kappa shape index (κ2) is 5.31. The Morgan fingerprint density at radius 3 is 2.67 bits per heavy atom. The summed E-state index contributed by atoms with van der Waals surface area (Å²) in [4.78, 5) is 16.1. The van der Waals surface area contributed by atoms with Crippen LogP contribution in [-0.2, 0) is 0 Å². The first-order valence-corrected chi connectivity index (χ1v) is 6.36. The molecule has 1 N–H and O–H groups in total. The number of benzene rings is 1. The number of halogens is 1. The van der Waals surface area contributed by atoms with E-state index in [1.165, 1.54) is 0 Å². The molecule has 0 saturated heterocycles. The van der Waals surface area contributed by atoms with Crippen LogP contribution in [0.5, 0.6) is 0 Å². The SMILES string of the molecule is Cc1cc(NC(=O)c2ccc(C)c(Br)c2)ccn1. The average Bonchev–Trinajstić information content (AvgIpc) is 2.32. The van der Waals surface area contributed by atoms with Crippen LogP contribution in [0.4, 0.5) is 5.69 Å². The molecule has 0 spiro atoms. The third kappa shape index (κ3) is 2.96. The summed E-state index contributed by atoms with van der Waals surface area (Å²) >= 11 is 3.42. The highest BCUT2D eigenvalue weighted by Gasteiger charge is 2.07. The van der Waals surface area contributed by atoms with Crippen LogP contribution in [-0.4, -0.2) is 10.9 Å². The number of hydrogen-bond donors (Lipinski definition) is 1. The lowest BCUT2D eigenvalue weighted by Crippen LogP contribution is -2.12. The quantitative estimate of drug-likeness (QED) is 0.919. The molecule has 1 aromatic carbocycles. The molecule has 1 amide bonds. The van der Waals surface area contributed by atoms with Crippen LogP contribution >= 0.6 is 15.9 Å². The van der Waals surface area contributed by atoms with E-state index in [0.29, 0.717) is 5.56 Å². The lowest BCUT2D eigenvalue weighted by Gasteiger charge is -2.07. The van der Waals surface area contributed by atoms with E-state index in [0.717, 1.165) is 21.4 Å². The van der Waals surface area contributed by atoms with Gasteiger partial charge in [-0.3, -0.25) is 9.78 Å². The minimum Gasteiger partial charge on any atom is -0.322 e. The molecule has 1 heterocycles. The largest absolute Gasteiger partial charge is 0.322 e. The zero-order valence-corrected chi connectivity index (χ0v) is 11.8. The topological polar surface area (TPSA) is 42.0 Å². The first-order chi connectivity index (χ1) is 8.56. The van der Waals surface area contributed by atoms with Gasteiger partial charge in [0.15, 0.2) is 0 Å². The van der Waals surface area contributed by atoms with E-state index in [9.17, 15) is 4.79 Å². The molecule has 2 rings (SSSR count). The molecule has 0 fully saturated rings. The lowest BCUT2D eigenvalue weighted by molar-refractivity contribution is 0.102. The number of nitrogens with one attached hydrogen (secondary N) is 1. The molecule has 0 aliphatic rings. The third-order valence-corrected chi connectivity index (χ3v) is 3.44. The molecule has 1 aromatic heterocycles. The molecule has 0 unspecified atom stereocenters. The summed E-state index contributed by atoms with van der Waals surface area (Å²) in [6.45, 7) is 3.87. The van der Waals surface area contributed by atoms with Gasteiger partial charge in [-0.1, -0.05) is 22.0 Å². The number of anilines is 1. The number of hydrogen-bond acceptors (Lipinski definition) is 2. The summed E-state index contributed by atoms with van der Waals surface area (Å²) in [6, 6.07) is 9.15. The maximum atomic E-state index is 12.0. The molecular weight excluding hydrogens is 292 g/mol. The highest BCUT2D eigenvalue weighted by atomic mass is 79.9. The number of aryl methyl sites for hydroxylation is 2. The normalized spacial score (nSPS) is 10.2. The molecule has 18 heavy (non-hydrogen) atoms. The summed E-state index contributed by atoms with van der Waals surface area (Å²) in [5.41, 5.74) is 3.36. The van der Waals surface area contributed by atoms with Crippen molar-refractivity contribution in [2.75, 3.05) is 5.32 Å². The summed E-state index contributed by atoms with van der Waals surface area (Å²) < 4.78 is 0.932. The second-order valence-electron chi connectivity index (χ2n) is 4.10. The minimum atomic E-state index is -0.124. The van der Waals surface area contributed by atoms with Crippen LogP contribution in [0.3, 0.4) is 0 Å². The number of amides is 1. The van der Waals surface area contributed by atoms with Crippen molar-refractivity contribution >= 4 is 27.5 Å². The Kier molecular flexibility index (Phi) is 3.77. The monoisotopic (exact) mass is 304 g/mol. The second-order valence-corrected chi connectivity index (χ2v) is 4.96. The van der Waals surface area contributed by atoms with Crippen LogP contribution in [0.25, 0.3) is 0 Å². The van der Waals surface area contributed by atoms with Crippen molar-refractivity contribution in [1.82, 2.24) is 4.98 Å². The van der Waals surface area contributed by atoms with Gasteiger partial charge >= 0.3 is 0 Å². The number of carbonyl (C=O) groups excluding carboxylic acids is 1. The average molecular weight is 305 g/mol. The van der Waals surface area contributed by atoms with Gasteiger partial charge in [0.1, 0.15) is 0 Å². The van der Waals surface area contributed by atoms with Crippen LogP contribution in [0, 0.1) is 13.8 Å². The zero-order chi connectivity index (χ0) is 13.1. The summed E-state index contributed by atoms with van der Waals surface area (Å²) in [6.07, 6.45) is 1.68. The van der Waals surface area contributed by atoms with Gasteiger partial charge < -0.3 is 5.32 Å². The van der Waals surface area contributed by atoms with Gasteiger partial charge in [0.05, 0.1) is 0 Å². The van der Waals surface area contributed by atoms with E-state index in [1.807, 2.05) is 38.1 Å². The molecule has 0 saturated carbocycles. The number of pyridine rings is 1. The predicted octanol–water partition coefficient (Wildman–Crippen LogP) is 3.71. The van der Waals surface area contributed by atoms with Crippen LogP contribution < -0.4 is 5.32 Å². The summed E-state index contributed by atoms with van der Waals surface area (Å²) in [7, 11) is 0. The summed E-state index contributed by atoms with van der Waals surface area (Å²) in [5, 5.41) is 2.85. The van der Waals surface area contributed by atoms with Crippen molar-refractivity contribution in [2.45, 2.75) is 13.8 Å². The molecule has 0 atom stereocenters. The number of rotatable bonds is 2. The molecule has 3 nitrogen and oxygen atoms in total. The van der Waals surface area contributed by atoms with E-state index in [1.54, 1.807) is 12.3 Å². The van der Waals surface area contributed by atoms with Gasteiger partial charge in [0.25, 0.3) is 5.91 Å². The fourth-order valence-electron chi connectivity index (χ4n) is 1.56. The molecule has 2 aromatic rings. The fourth-order valence-corrected chi connectivity index (χ4v) is 1.94. The van der Waals surface area contributed by atoms with E-state index >= 15 is 0 Å². The predicted molar refractivity (Wildman–Crippen MR) is 75.8 cm³/mol. The highest BCUT2D eigenvalue weighted by Crippen LogP contribution is 2.18. The number of carbonyl (C=O) groups is 1. The van der Waals surface area contributed by atoms with Crippen molar-refractivity contribution < 1.29 is 4.79 Å². The molecule has 0 aliphatic heterocycles. The van der Waals surface area contributed by atoms with Gasteiger partial charge in [0, 0.05) is 27.6 Å². The lowest BCUT2D eigenvalue weighted by atomic mass is 10.1. The van der Waals surface area contributed by atoms with Gasteiger partial charge in [0.2, 0.25) is 0 Å². The standard InChI is InChI=1S/C14H13BrN2O/c1-9-3-4-11(8-13(9)15)14(18)17-12-5-6-16-10(2)7-12/h3-8H,1-2H3,(H,16,17,18). The van der Waals surface area contributed by atoms with Crippen LogP contribution in [0.15, 0.2) is 41.0 Å². The zero-order valence-electron chi connectivity index (χ0n) is 10.2. The molecular formula is C14H13BrN2O. The number of aromatic nitrogens is 1. The van der Waals surface area contributed by atoms with Crippen molar-refractivity contribution in [3.05, 3.63) is 57.8 Å². The Morgan fingerprint density at radius 1 is 1.22 bits per heavy atom. The first-order valence-electron chi connectivity index (χ1n) is 5.56. The van der Waals surface area contributed by atoms with Crippen molar-refractivity contribution in [3.63, 3.8) is 0 Å². The molecule has 0 bridgehead atoms. The Hall–Kier alpha value is -1.68. The minimum absolute atomic E-state index is 0.124. The van der Waals surface area contributed by atoms with E-state index in [4.69, 9.17) is 0 Å².